The summed E-state index contributed by atoms with van der Waals surface area (Å²) in [5.74, 6) is 0.461. The molecule has 5 nitrogen and oxygen atoms in total. The Morgan fingerprint density at radius 2 is 1.79 bits per heavy atom. The zero-order valence-electron chi connectivity index (χ0n) is 13.3. The molecule has 1 atom stereocenters. The summed E-state index contributed by atoms with van der Waals surface area (Å²) in [5, 5.41) is 6.62. The van der Waals surface area contributed by atoms with Gasteiger partial charge in [0.25, 0.3) is 11.8 Å². The minimum absolute atomic E-state index is 0.208. The quantitative estimate of drug-likeness (QED) is 0.794. The van der Waals surface area contributed by atoms with E-state index in [2.05, 4.69) is 15.5 Å². The fourth-order valence-electron chi connectivity index (χ4n) is 2.29. The Morgan fingerprint density at radius 1 is 1.12 bits per heavy atom. The lowest BCUT2D eigenvalue weighted by molar-refractivity contribution is 0.0940. The highest BCUT2D eigenvalue weighted by atomic mass is 19.1. The highest BCUT2D eigenvalue weighted by molar-refractivity contribution is 5.94. The van der Waals surface area contributed by atoms with Crippen LogP contribution in [0.4, 0.5) is 4.39 Å². The Morgan fingerprint density at radius 3 is 2.38 bits per heavy atom. The molecule has 0 radical (unpaired) electrons. The van der Waals surface area contributed by atoms with Gasteiger partial charge in [0, 0.05) is 11.1 Å². The maximum atomic E-state index is 13.0. The van der Waals surface area contributed by atoms with Crippen molar-refractivity contribution in [3.63, 3.8) is 0 Å². The van der Waals surface area contributed by atoms with E-state index >= 15 is 0 Å². The van der Waals surface area contributed by atoms with Gasteiger partial charge >= 0.3 is 0 Å². The monoisotopic (exact) mass is 325 g/mol. The summed E-state index contributed by atoms with van der Waals surface area (Å²) in [7, 11) is 0. The molecular formula is C18H16FN3O2. The maximum Gasteiger partial charge on any atom is 0.257 e. The van der Waals surface area contributed by atoms with Gasteiger partial charge in [-0.05, 0) is 55.8 Å². The van der Waals surface area contributed by atoms with Gasteiger partial charge < -0.3 is 9.84 Å². The van der Waals surface area contributed by atoms with Crippen molar-refractivity contribution < 1.29 is 13.7 Å². The number of amides is 1. The SMILES string of the molecule is Cc1noc(-c2ccc(C(=O)NC(C)c3ccc(F)cc3)cc2)n1. The third-order valence-electron chi connectivity index (χ3n) is 3.64. The highest BCUT2D eigenvalue weighted by Crippen LogP contribution is 2.18. The molecule has 0 aliphatic rings. The first-order valence-electron chi connectivity index (χ1n) is 7.50. The molecule has 1 aromatic heterocycles. The Balaban J connectivity index is 1.69. The summed E-state index contributed by atoms with van der Waals surface area (Å²) < 4.78 is 18.0. The average molecular weight is 325 g/mol. The van der Waals surface area contributed by atoms with Crippen molar-refractivity contribution in [2.75, 3.05) is 0 Å². The minimum atomic E-state index is -0.302. The molecule has 1 amide bonds. The molecule has 0 aliphatic heterocycles. The number of aryl methyl sites for hydroxylation is 1. The second-order valence-electron chi connectivity index (χ2n) is 5.47. The second kappa shape index (κ2) is 6.62. The van der Waals surface area contributed by atoms with Crippen LogP contribution < -0.4 is 5.32 Å². The molecule has 1 unspecified atom stereocenters. The fourth-order valence-corrected chi connectivity index (χ4v) is 2.29. The summed E-state index contributed by atoms with van der Waals surface area (Å²) in [5.41, 5.74) is 2.10. The van der Waals surface area contributed by atoms with Crippen LogP contribution in [0.15, 0.2) is 53.1 Å². The first-order chi connectivity index (χ1) is 11.5. The Bertz CT molecular complexity index is 841. The average Bonchev–Trinajstić information content (AvgIpc) is 3.02. The van der Waals surface area contributed by atoms with E-state index in [4.69, 9.17) is 4.52 Å². The van der Waals surface area contributed by atoms with E-state index in [-0.39, 0.29) is 17.8 Å². The molecule has 0 saturated heterocycles. The molecule has 0 fully saturated rings. The zero-order valence-corrected chi connectivity index (χ0v) is 13.3. The van der Waals surface area contributed by atoms with Crippen molar-refractivity contribution in [1.82, 2.24) is 15.5 Å². The second-order valence-corrected chi connectivity index (χ2v) is 5.47. The van der Waals surface area contributed by atoms with Crippen molar-refractivity contribution in [1.29, 1.82) is 0 Å². The van der Waals surface area contributed by atoms with Gasteiger partial charge in [-0.15, -0.1) is 0 Å². The molecular weight excluding hydrogens is 309 g/mol. The number of benzene rings is 2. The normalized spacial score (nSPS) is 12.0. The topological polar surface area (TPSA) is 68.0 Å². The predicted molar refractivity (Wildman–Crippen MR) is 86.8 cm³/mol. The summed E-state index contributed by atoms with van der Waals surface area (Å²) in [6.07, 6.45) is 0. The maximum absolute atomic E-state index is 13.0. The van der Waals surface area contributed by atoms with Crippen LogP contribution in [-0.4, -0.2) is 16.0 Å². The van der Waals surface area contributed by atoms with E-state index in [1.807, 2.05) is 6.92 Å². The van der Waals surface area contributed by atoms with Crippen LogP contribution in [0.2, 0.25) is 0 Å². The number of hydrogen-bond donors (Lipinski definition) is 1. The number of halogens is 1. The smallest absolute Gasteiger partial charge is 0.257 e. The van der Waals surface area contributed by atoms with Gasteiger partial charge in [0.1, 0.15) is 5.82 Å². The number of carbonyl (C=O) groups is 1. The molecule has 3 rings (SSSR count). The van der Waals surface area contributed by atoms with Crippen LogP contribution in [0.3, 0.4) is 0 Å². The largest absolute Gasteiger partial charge is 0.346 e. The van der Waals surface area contributed by atoms with Gasteiger partial charge in [-0.25, -0.2) is 4.39 Å². The van der Waals surface area contributed by atoms with Crippen molar-refractivity contribution in [3.05, 3.63) is 71.3 Å². The van der Waals surface area contributed by atoms with Crippen molar-refractivity contribution in [2.24, 2.45) is 0 Å². The predicted octanol–water partition coefficient (Wildman–Crippen LogP) is 3.68. The number of aromatic nitrogens is 2. The third kappa shape index (κ3) is 3.48. The molecule has 6 heteroatoms. The summed E-state index contributed by atoms with van der Waals surface area (Å²) in [6, 6.07) is 12.7. The first kappa shape index (κ1) is 15.9. The Labute approximate surface area is 138 Å². The van der Waals surface area contributed by atoms with Crippen molar-refractivity contribution >= 4 is 5.91 Å². The molecule has 0 spiro atoms. The lowest BCUT2D eigenvalue weighted by Gasteiger charge is -2.14. The summed E-state index contributed by atoms with van der Waals surface area (Å²) in [6.45, 7) is 3.59. The molecule has 0 aliphatic carbocycles. The van der Waals surface area contributed by atoms with Gasteiger partial charge in [-0.3, -0.25) is 4.79 Å². The van der Waals surface area contributed by atoms with E-state index in [1.54, 1.807) is 43.3 Å². The van der Waals surface area contributed by atoms with E-state index in [0.29, 0.717) is 17.3 Å². The number of rotatable bonds is 4. The fraction of sp³-hybridized carbons (Fsp3) is 0.167. The molecule has 0 bridgehead atoms. The number of hydrogen-bond acceptors (Lipinski definition) is 4. The lowest BCUT2D eigenvalue weighted by Crippen LogP contribution is -2.26. The summed E-state index contributed by atoms with van der Waals surface area (Å²) >= 11 is 0. The van der Waals surface area contributed by atoms with Gasteiger partial charge in [0.05, 0.1) is 6.04 Å². The van der Waals surface area contributed by atoms with Crippen LogP contribution in [0.1, 0.15) is 34.7 Å². The van der Waals surface area contributed by atoms with Gasteiger partial charge in [0.15, 0.2) is 5.82 Å². The van der Waals surface area contributed by atoms with Crippen molar-refractivity contribution in [2.45, 2.75) is 19.9 Å². The van der Waals surface area contributed by atoms with E-state index < -0.39 is 0 Å². The molecule has 0 saturated carbocycles. The highest BCUT2D eigenvalue weighted by Gasteiger charge is 2.13. The molecule has 1 heterocycles. The Kier molecular flexibility index (Phi) is 4.37. The van der Waals surface area contributed by atoms with Crippen LogP contribution in [0.5, 0.6) is 0 Å². The van der Waals surface area contributed by atoms with Gasteiger partial charge in [-0.1, -0.05) is 17.3 Å². The lowest BCUT2D eigenvalue weighted by atomic mass is 10.1. The van der Waals surface area contributed by atoms with Crippen LogP contribution >= 0.6 is 0 Å². The molecule has 122 valence electrons. The molecule has 3 aromatic rings. The number of nitrogens with one attached hydrogen (secondary N) is 1. The van der Waals surface area contributed by atoms with Gasteiger partial charge in [0.2, 0.25) is 0 Å². The number of nitrogens with zero attached hydrogens (tertiary/aromatic N) is 2. The Hall–Kier alpha value is -3.02. The number of carbonyl (C=O) groups excluding carboxylic acids is 1. The third-order valence-corrected chi connectivity index (χ3v) is 3.64. The van der Waals surface area contributed by atoms with E-state index in [1.165, 1.54) is 12.1 Å². The van der Waals surface area contributed by atoms with Crippen LogP contribution in [0, 0.1) is 12.7 Å². The van der Waals surface area contributed by atoms with Crippen LogP contribution in [-0.2, 0) is 0 Å². The zero-order chi connectivity index (χ0) is 17.1. The van der Waals surface area contributed by atoms with Gasteiger partial charge in [-0.2, -0.15) is 4.98 Å². The molecule has 2 aromatic carbocycles. The van der Waals surface area contributed by atoms with E-state index in [0.717, 1.165) is 11.1 Å². The minimum Gasteiger partial charge on any atom is -0.346 e. The summed E-state index contributed by atoms with van der Waals surface area (Å²) in [4.78, 5) is 16.5. The van der Waals surface area contributed by atoms with Crippen LogP contribution in [0.25, 0.3) is 11.5 Å². The van der Waals surface area contributed by atoms with E-state index in [9.17, 15) is 9.18 Å². The first-order valence-corrected chi connectivity index (χ1v) is 7.50. The standard InChI is InChI=1S/C18H16FN3O2/c1-11(13-7-9-16(19)10-8-13)20-17(23)14-3-5-15(6-4-14)18-21-12(2)22-24-18/h3-11H,1-2H3,(H,20,23). The van der Waals surface area contributed by atoms with Crippen molar-refractivity contribution in [3.8, 4) is 11.5 Å². The molecule has 1 N–H and O–H groups in total. The molecule has 24 heavy (non-hydrogen) atoms.